The number of nitrogens with zero attached hydrogens (tertiary/aromatic N) is 1. The van der Waals surface area contributed by atoms with Gasteiger partial charge >= 0.3 is 0 Å². The maximum absolute atomic E-state index is 11.4. The zero-order valence-electron chi connectivity index (χ0n) is 11.7. The zero-order chi connectivity index (χ0) is 14.1. The SMILES string of the molecule is CNC(=O)CCN(CCCN)c1ccccc1OC. The van der Waals surface area contributed by atoms with Crippen molar-refractivity contribution in [2.24, 2.45) is 5.73 Å². The van der Waals surface area contributed by atoms with Crippen LogP contribution in [0.3, 0.4) is 0 Å². The average molecular weight is 265 g/mol. The van der Waals surface area contributed by atoms with Gasteiger partial charge in [0.05, 0.1) is 12.8 Å². The summed E-state index contributed by atoms with van der Waals surface area (Å²) in [6, 6.07) is 7.82. The van der Waals surface area contributed by atoms with Crippen LogP contribution >= 0.6 is 0 Å². The van der Waals surface area contributed by atoms with Gasteiger partial charge in [-0.15, -0.1) is 0 Å². The number of ether oxygens (including phenoxy) is 1. The van der Waals surface area contributed by atoms with Crippen molar-refractivity contribution in [3.63, 3.8) is 0 Å². The number of amides is 1. The lowest BCUT2D eigenvalue weighted by Crippen LogP contribution is -2.31. The largest absolute Gasteiger partial charge is 0.495 e. The van der Waals surface area contributed by atoms with E-state index in [1.54, 1.807) is 14.2 Å². The Kier molecular flexibility index (Phi) is 6.74. The Hall–Kier alpha value is -1.75. The number of rotatable bonds is 8. The molecule has 5 nitrogen and oxygen atoms in total. The van der Waals surface area contributed by atoms with Crippen LogP contribution in [0.5, 0.6) is 5.75 Å². The number of hydrogen-bond donors (Lipinski definition) is 2. The number of hydrogen-bond acceptors (Lipinski definition) is 4. The number of nitrogens with one attached hydrogen (secondary N) is 1. The number of para-hydroxylation sites is 2. The zero-order valence-corrected chi connectivity index (χ0v) is 11.7. The third kappa shape index (κ3) is 4.79. The van der Waals surface area contributed by atoms with Crippen molar-refractivity contribution in [2.75, 3.05) is 38.7 Å². The normalized spacial score (nSPS) is 10.1. The van der Waals surface area contributed by atoms with E-state index in [0.29, 0.717) is 19.5 Å². The van der Waals surface area contributed by atoms with Crippen molar-refractivity contribution < 1.29 is 9.53 Å². The maximum Gasteiger partial charge on any atom is 0.221 e. The van der Waals surface area contributed by atoms with Crippen molar-refractivity contribution in [3.8, 4) is 5.75 Å². The molecular weight excluding hydrogens is 242 g/mol. The smallest absolute Gasteiger partial charge is 0.221 e. The molecule has 0 radical (unpaired) electrons. The molecule has 0 spiro atoms. The Labute approximate surface area is 114 Å². The first-order valence-corrected chi connectivity index (χ1v) is 6.51. The summed E-state index contributed by atoms with van der Waals surface area (Å²) in [5.74, 6) is 0.851. The fraction of sp³-hybridized carbons (Fsp3) is 0.500. The van der Waals surface area contributed by atoms with Gasteiger partial charge in [-0.25, -0.2) is 0 Å². The molecule has 19 heavy (non-hydrogen) atoms. The molecule has 0 aliphatic heterocycles. The monoisotopic (exact) mass is 265 g/mol. The molecule has 0 saturated carbocycles. The molecule has 0 aliphatic rings. The van der Waals surface area contributed by atoms with E-state index in [9.17, 15) is 4.79 Å². The van der Waals surface area contributed by atoms with Crippen LogP contribution in [-0.2, 0) is 4.79 Å². The molecule has 1 rings (SSSR count). The van der Waals surface area contributed by atoms with Gasteiger partial charge in [-0.2, -0.15) is 0 Å². The molecule has 0 saturated heterocycles. The summed E-state index contributed by atoms with van der Waals surface area (Å²) in [5.41, 5.74) is 6.57. The van der Waals surface area contributed by atoms with Crippen LogP contribution in [0.15, 0.2) is 24.3 Å². The van der Waals surface area contributed by atoms with Crippen molar-refractivity contribution in [3.05, 3.63) is 24.3 Å². The van der Waals surface area contributed by atoms with Gasteiger partial charge in [0.25, 0.3) is 0 Å². The highest BCUT2D eigenvalue weighted by atomic mass is 16.5. The van der Waals surface area contributed by atoms with Gasteiger partial charge in [0.2, 0.25) is 5.91 Å². The second-order valence-corrected chi connectivity index (χ2v) is 4.22. The number of nitrogens with two attached hydrogens (primary N) is 1. The Balaban J connectivity index is 2.79. The fourth-order valence-corrected chi connectivity index (χ4v) is 1.89. The average Bonchev–Trinajstić information content (AvgIpc) is 2.47. The molecular formula is C14H23N3O2. The summed E-state index contributed by atoms with van der Waals surface area (Å²) in [6.07, 6.45) is 1.34. The van der Waals surface area contributed by atoms with E-state index in [2.05, 4.69) is 10.2 Å². The molecule has 3 N–H and O–H groups in total. The Morgan fingerprint density at radius 2 is 2.11 bits per heavy atom. The van der Waals surface area contributed by atoms with Crippen LogP contribution in [0.4, 0.5) is 5.69 Å². The summed E-state index contributed by atoms with van der Waals surface area (Å²) < 4.78 is 5.37. The van der Waals surface area contributed by atoms with Crippen molar-refractivity contribution in [1.82, 2.24) is 5.32 Å². The standard InChI is InChI=1S/C14H23N3O2/c1-16-14(18)8-11-17(10-5-9-15)12-6-3-4-7-13(12)19-2/h3-4,6-7H,5,8-11,15H2,1-2H3,(H,16,18). The van der Waals surface area contributed by atoms with Crippen LogP contribution in [0.1, 0.15) is 12.8 Å². The molecule has 5 heteroatoms. The molecule has 0 aliphatic carbocycles. The minimum atomic E-state index is 0.0349. The maximum atomic E-state index is 11.4. The minimum absolute atomic E-state index is 0.0349. The molecule has 0 bridgehead atoms. The van der Waals surface area contributed by atoms with E-state index >= 15 is 0 Å². The first-order valence-electron chi connectivity index (χ1n) is 6.51. The lowest BCUT2D eigenvalue weighted by Gasteiger charge is -2.26. The van der Waals surface area contributed by atoms with E-state index in [0.717, 1.165) is 24.4 Å². The molecule has 0 atom stereocenters. The summed E-state index contributed by atoms with van der Waals surface area (Å²) in [4.78, 5) is 13.5. The van der Waals surface area contributed by atoms with Crippen LogP contribution < -0.4 is 20.7 Å². The molecule has 1 aromatic rings. The quantitative estimate of drug-likeness (QED) is 0.735. The van der Waals surface area contributed by atoms with Crippen LogP contribution in [0.2, 0.25) is 0 Å². The third-order valence-corrected chi connectivity index (χ3v) is 2.95. The number of anilines is 1. The second kappa shape index (κ2) is 8.37. The van der Waals surface area contributed by atoms with E-state index < -0.39 is 0 Å². The molecule has 0 aromatic heterocycles. The van der Waals surface area contributed by atoms with Gasteiger partial charge < -0.3 is 20.7 Å². The Morgan fingerprint density at radius 3 is 2.74 bits per heavy atom. The minimum Gasteiger partial charge on any atom is -0.495 e. The lowest BCUT2D eigenvalue weighted by atomic mass is 10.2. The van der Waals surface area contributed by atoms with Gasteiger partial charge in [0.15, 0.2) is 0 Å². The predicted octanol–water partition coefficient (Wildman–Crippen LogP) is 0.987. The molecule has 1 amide bonds. The molecule has 106 valence electrons. The van der Waals surface area contributed by atoms with E-state index in [4.69, 9.17) is 10.5 Å². The van der Waals surface area contributed by atoms with Gasteiger partial charge in [-0.05, 0) is 25.1 Å². The fourth-order valence-electron chi connectivity index (χ4n) is 1.89. The Bertz CT molecular complexity index is 396. The number of carbonyl (C=O) groups excluding carboxylic acids is 1. The van der Waals surface area contributed by atoms with E-state index in [1.165, 1.54) is 0 Å². The molecule has 1 aromatic carbocycles. The van der Waals surface area contributed by atoms with Gasteiger partial charge in [0, 0.05) is 26.6 Å². The summed E-state index contributed by atoms with van der Waals surface area (Å²) >= 11 is 0. The van der Waals surface area contributed by atoms with Crippen molar-refractivity contribution in [2.45, 2.75) is 12.8 Å². The predicted molar refractivity (Wildman–Crippen MR) is 77.6 cm³/mol. The lowest BCUT2D eigenvalue weighted by molar-refractivity contribution is -0.120. The molecule has 0 fully saturated rings. The molecule has 0 unspecified atom stereocenters. The number of benzene rings is 1. The van der Waals surface area contributed by atoms with Crippen molar-refractivity contribution >= 4 is 11.6 Å². The Morgan fingerprint density at radius 1 is 1.37 bits per heavy atom. The third-order valence-electron chi connectivity index (χ3n) is 2.95. The topological polar surface area (TPSA) is 67.6 Å². The first-order chi connectivity index (χ1) is 9.22. The number of methoxy groups -OCH3 is 1. The van der Waals surface area contributed by atoms with Gasteiger partial charge in [0.1, 0.15) is 5.75 Å². The highest BCUT2D eigenvalue weighted by Crippen LogP contribution is 2.27. The van der Waals surface area contributed by atoms with Gasteiger partial charge in [-0.3, -0.25) is 4.79 Å². The van der Waals surface area contributed by atoms with Crippen molar-refractivity contribution in [1.29, 1.82) is 0 Å². The van der Waals surface area contributed by atoms with Crippen LogP contribution in [0.25, 0.3) is 0 Å². The summed E-state index contributed by atoms with van der Waals surface area (Å²) in [7, 11) is 3.30. The van der Waals surface area contributed by atoms with Crippen LogP contribution in [0, 0.1) is 0 Å². The van der Waals surface area contributed by atoms with Crippen LogP contribution in [-0.4, -0.2) is 39.7 Å². The molecule has 0 heterocycles. The van der Waals surface area contributed by atoms with E-state index in [-0.39, 0.29) is 5.91 Å². The van der Waals surface area contributed by atoms with E-state index in [1.807, 2.05) is 24.3 Å². The second-order valence-electron chi connectivity index (χ2n) is 4.22. The van der Waals surface area contributed by atoms with Gasteiger partial charge in [-0.1, -0.05) is 12.1 Å². The summed E-state index contributed by atoms with van der Waals surface area (Å²) in [5, 5.41) is 2.63. The number of carbonyl (C=O) groups is 1. The highest BCUT2D eigenvalue weighted by molar-refractivity contribution is 5.76. The summed E-state index contributed by atoms with van der Waals surface area (Å²) in [6.45, 7) is 2.10. The first kappa shape index (κ1) is 15.3. The highest BCUT2D eigenvalue weighted by Gasteiger charge is 2.12.